The summed E-state index contributed by atoms with van der Waals surface area (Å²) in [4.78, 5) is 24.1. The number of hydroxylamine groups is 1. The van der Waals surface area contributed by atoms with Crippen molar-refractivity contribution >= 4 is 11.8 Å². The average molecular weight is 508 g/mol. The molecule has 3 rings (SSSR count). The number of aliphatic hydroxyl groups excluding tert-OH is 1. The van der Waals surface area contributed by atoms with Crippen LogP contribution in [0.5, 0.6) is 0 Å². The molecule has 0 aliphatic carbocycles. The van der Waals surface area contributed by atoms with Crippen molar-refractivity contribution in [3.8, 4) is 11.1 Å². The van der Waals surface area contributed by atoms with E-state index in [1.54, 1.807) is 5.48 Å². The summed E-state index contributed by atoms with van der Waals surface area (Å²) in [6, 6.07) is 19.8. The third kappa shape index (κ3) is 8.14. The molecule has 0 heterocycles. The van der Waals surface area contributed by atoms with Crippen molar-refractivity contribution in [1.82, 2.24) is 15.8 Å². The molecule has 9 nitrogen and oxygen atoms in total. The second-order valence-corrected chi connectivity index (χ2v) is 8.49. The number of hydrazine groups is 1. The van der Waals surface area contributed by atoms with Crippen LogP contribution in [0.3, 0.4) is 0 Å². The number of amides is 2. The molecule has 2 amide bonds. The Morgan fingerprint density at radius 2 is 1.70 bits per heavy atom. The van der Waals surface area contributed by atoms with E-state index >= 15 is 0 Å². The van der Waals surface area contributed by atoms with Crippen molar-refractivity contribution in [2.45, 2.75) is 25.5 Å². The molecule has 3 aromatic carbocycles. The number of halogens is 1. The second kappa shape index (κ2) is 13.2. The summed E-state index contributed by atoms with van der Waals surface area (Å²) in [5.41, 5.74) is 11.8. The Bertz CT molecular complexity index is 1230. The molecule has 1 atom stereocenters. The van der Waals surface area contributed by atoms with Crippen LogP contribution in [0.15, 0.2) is 84.7 Å². The smallest absolute Gasteiger partial charge is 0.251 e. The highest BCUT2D eigenvalue weighted by molar-refractivity contribution is 5.94. The first-order valence-corrected chi connectivity index (χ1v) is 11.5. The van der Waals surface area contributed by atoms with Gasteiger partial charge in [0.25, 0.3) is 5.91 Å². The molecular weight excluding hydrogens is 477 g/mol. The monoisotopic (exact) mass is 507 g/mol. The lowest BCUT2D eigenvalue weighted by atomic mass is 9.98. The van der Waals surface area contributed by atoms with Gasteiger partial charge in [0.2, 0.25) is 5.91 Å². The molecule has 0 saturated heterocycles. The first-order valence-electron chi connectivity index (χ1n) is 11.5. The zero-order valence-electron chi connectivity index (χ0n) is 20.1. The normalized spacial score (nSPS) is 12.1. The van der Waals surface area contributed by atoms with Crippen LogP contribution in [0.2, 0.25) is 0 Å². The largest absolute Gasteiger partial charge is 0.399 e. The van der Waals surface area contributed by atoms with Gasteiger partial charge in [-0.3, -0.25) is 14.8 Å². The van der Waals surface area contributed by atoms with Gasteiger partial charge in [-0.15, -0.1) is 0 Å². The van der Waals surface area contributed by atoms with Gasteiger partial charge in [0, 0.05) is 17.5 Å². The third-order valence-corrected chi connectivity index (χ3v) is 5.71. The lowest BCUT2D eigenvalue weighted by Gasteiger charge is -2.26. The second-order valence-electron chi connectivity index (χ2n) is 8.49. The molecule has 194 valence electrons. The number of hydrogen-bond acceptors (Lipinski definition) is 7. The maximum Gasteiger partial charge on any atom is 0.251 e. The van der Waals surface area contributed by atoms with Gasteiger partial charge in [0.15, 0.2) is 0 Å². The summed E-state index contributed by atoms with van der Waals surface area (Å²) in [6.45, 7) is -0.0656. The SMILES string of the molecule is N/C(=C\N(N)C(CC(=O)NO)Cc1ccc(-c2cccc(CO)c2)cc1)CNC(=O)c1ccc(F)cc1. The van der Waals surface area contributed by atoms with Gasteiger partial charge < -0.3 is 21.2 Å². The van der Waals surface area contributed by atoms with E-state index in [0.717, 1.165) is 22.3 Å². The number of aliphatic hydroxyl groups is 1. The van der Waals surface area contributed by atoms with Gasteiger partial charge in [0.05, 0.1) is 25.6 Å². The van der Waals surface area contributed by atoms with E-state index in [4.69, 9.17) is 16.8 Å². The number of nitrogens with two attached hydrogens (primary N) is 2. The number of rotatable bonds is 11. The highest BCUT2D eigenvalue weighted by Gasteiger charge is 2.19. The van der Waals surface area contributed by atoms with Crippen LogP contribution >= 0.6 is 0 Å². The molecular formula is C27H30FN5O4. The van der Waals surface area contributed by atoms with Crippen LogP contribution in [-0.2, 0) is 17.8 Å². The quantitative estimate of drug-likeness (QED) is 0.132. The Morgan fingerprint density at radius 3 is 2.35 bits per heavy atom. The maximum absolute atomic E-state index is 13.0. The van der Waals surface area contributed by atoms with Crippen molar-refractivity contribution in [2.75, 3.05) is 6.54 Å². The molecule has 1 unspecified atom stereocenters. The lowest BCUT2D eigenvalue weighted by Crippen LogP contribution is -2.42. The summed E-state index contributed by atoms with van der Waals surface area (Å²) in [5, 5.41) is 22.3. The molecule has 0 aliphatic heterocycles. The minimum absolute atomic E-state index is 0.0234. The van der Waals surface area contributed by atoms with Gasteiger partial charge in [-0.05, 0) is 59.0 Å². The zero-order chi connectivity index (χ0) is 26.8. The fourth-order valence-electron chi connectivity index (χ4n) is 3.73. The summed E-state index contributed by atoms with van der Waals surface area (Å²) in [5.74, 6) is 4.70. The van der Waals surface area contributed by atoms with Gasteiger partial charge in [-0.1, -0.05) is 42.5 Å². The van der Waals surface area contributed by atoms with Crippen LogP contribution in [0.4, 0.5) is 4.39 Å². The molecule has 0 bridgehead atoms. The van der Waals surface area contributed by atoms with Crippen LogP contribution in [0, 0.1) is 5.82 Å². The Hall–Kier alpha value is -4.25. The molecule has 3 aromatic rings. The topological polar surface area (TPSA) is 154 Å². The van der Waals surface area contributed by atoms with Crippen LogP contribution in [0.25, 0.3) is 11.1 Å². The molecule has 37 heavy (non-hydrogen) atoms. The van der Waals surface area contributed by atoms with Crippen LogP contribution < -0.4 is 22.4 Å². The van der Waals surface area contributed by atoms with Crippen molar-refractivity contribution < 1.29 is 24.3 Å². The first-order chi connectivity index (χ1) is 17.8. The molecule has 0 fully saturated rings. The highest BCUT2D eigenvalue weighted by Crippen LogP contribution is 2.22. The Morgan fingerprint density at radius 1 is 1.00 bits per heavy atom. The molecule has 8 N–H and O–H groups in total. The van der Waals surface area contributed by atoms with Crippen molar-refractivity contribution in [3.63, 3.8) is 0 Å². The number of nitrogens with zero attached hydrogens (tertiary/aromatic N) is 1. The van der Waals surface area contributed by atoms with Gasteiger partial charge in [0.1, 0.15) is 5.82 Å². The van der Waals surface area contributed by atoms with Crippen LogP contribution in [0.1, 0.15) is 27.9 Å². The number of nitrogens with one attached hydrogen (secondary N) is 2. The number of carbonyl (C=O) groups is 2. The van der Waals surface area contributed by atoms with E-state index in [1.807, 2.05) is 48.5 Å². The van der Waals surface area contributed by atoms with E-state index in [-0.39, 0.29) is 30.8 Å². The van der Waals surface area contributed by atoms with Crippen molar-refractivity contribution in [1.29, 1.82) is 0 Å². The molecule has 0 radical (unpaired) electrons. The summed E-state index contributed by atoms with van der Waals surface area (Å²) < 4.78 is 13.0. The number of benzene rings is 3. The molecule has 0 aliphatic rings. The van der Waals surface area contributed by atoms with E-state index in [9.17, 15) is 19.1 Å². The first kappa shape index (κ1) is 27.3. The van der Waals surface area contributed by atoms with E-state index in [1.165, 1.54) is 35.5 Å². The van der Waals surface area contributed by atoms with Crippen molar-refractivity contribution in [3.05, 3.63) is 107 Å². The number of hydrogen-bond donors (Lipinski definition) is 6. The minimum atomic E-state index is -0.616. The highest BCUT2D eigenvalue weighted by atomic mass is 19.1. The summed E-state index contributed by atoms with van der Waals surface area (Å²) >= 11 is 0. The average Bonchev–Trinajstić information content (AvgIpc) is 2.92. The molecule has 0 aromatic heterocycles. The van der Waals surface area contributed by atoms with E-state index in [0.29, 0.717) is 6.42 Å². The number of carbonyl (C=O) groups excluding carboxylic acids is 2. The Balaban J connectivity index is 1.67. The molecule has 0 spiro atoms. The predicted molar refractivity (Wildman–Crippen MR) is 137 cm³/mol. The minimum Gasteiger partial charge on any atom is -0.399 e. The standard InChI is InChI=1S/C27H30FN5O4/c28-23-10-8-21(9-11-23)27(36)31-15-24(29)16-33(30)25(14-26(35)32-37)13-18-4-6-20(7-5-18)22-3-1-2-19(12-22)17-34/h1-12,16,25,34,37H,13-15,17,29-30H2,(H,31,36)(H,32,35)/b24-16-. The third-order valence-electron chi connectivity index (χ3n) is 5.71. The van der Waals surface area contributed by atoms with E-state index < -0.39 is 23.7 Å². The fourth-order valence-corrected chi connectivity index (χ4v) is 3.73. The summed E-state index contributed by atoms with van der Waals surface area (Å²) in [7, 11) is 0. The Kier molecular flexibility index (Phi) is 9.73. The maximum atomic E-state index is 13.0. The van der Waals surface area contributed by atoms with Crippen molar-refractivity contribution in [2.24, 2.45) is 11.6 Å². The fraction of sp³-hybridized carbons (Fsp3) is 0.185. The molecule has 0 saturated carbocycles. The Labute approximate surface area is 214 Å². The zero-order valence-corrected chi connectivity index (χ0v) is 20.1. The van der Waals surface area contributed by atoms with Gasteiger partial charge in [-0.2, -0.15) is 0 Å². The molecule has 10 heteroatoms. The summed E-state index contributed by atoms with van der Waals surface area (Å²) in [6.07, 6.45) is 1.67. The van der Waals surface area contributed by atoms with Gasteiger partial charge >= 0.3 is 0 Å². The predicted octanol–water partition coefficient (Wildman–Crippen LogP) is 2.20. The lowest BCUT2D eigenvalue weighted by molar-refractivity contribution is -0.130. The van der Waals surface area contributed by atoms with E-state index in [2.05, 4.69) is 5.32 Å². The van der Waals surface area contributed by atoms with Gasteiger partial charge in [-0.25, -0.2) is 15.7 Å². The van der Waals surface area contributed by atoms with Crippen LogP contribution in [-0.4, -0.2) is 39.7 Å².